The highest BCUT2D eigenvalue weighted by Crippen LogP contribution is 2.27. The maximum Gasteiger partial charge on any atom is 0.279 e. The molecule has 9 nitrogen and oxygen atoms in total. The van der Waals surface area contributed by atoms with Gasteiger partial charge >= 0.3 is 0 Å². The van der Waals surface area contributed by atoms with E-state index in [1.807, 2.05) is 65.2 Å². The summed E-state index contributed by atoms with van der Waals surface area (Å²) in [5, 5.41) is 15.6. The summed E-state index contributed by atoms with van der Waals surface area (Å²) in [5.74, 6) is 1.38. The fraction of sp³-hybridized carbons (Fsp3) is 0.0741. The number of carbonyl (C=O) groups excluding carboxylic acids is 1. The molecule has 180 valence electrons. The second-order valence-corrected chi connectivity index (χ2v) is 7.80. The van der Waals surface area contributed by atoms with Gasteiger partial charge in [0.05, 0.1) is 11.0 Å². The SMILES string of the molecule is CNC(=O)c1cc(Oc2ccc3c(c2)ncn3-c2ccc(NC(O)Oc3ccccc3)cc2)ccn1. The molecule has 0 saturated heterocycles. The summed E-state index contributed by atoms with van der Waals surface area (Å²) in [4.78, 5) is 20.4. The maximum absolute atomic E-state index is 11.8. The third kappa shape index (κ3) is 5.11. The molecule has 0 aliphatic rings. The monoisotopic (exact) mass is 481 g/mol. The predicted molar refractivity (Wildman–Crippen MR) is 135 cm³/mol. The standard InChI is InChI=1S/C27H23N5O4/c1-28-26(33)24-16-22(13-14-29-24)35-21-11-12-25-23(15-21)30-17-32(25)19-9-7-18(8-10-19)31-27(34)36-20-5-3-2-4-6-20/h2-17,27,31,34H,1H3,(H,28,33). The molecule has 9 heteroatoms. The van der Waals surface area contributed by atoms with Gasteiger partial charge in [-0.15, -0.1) is 0 Å². The van der Waals surface area contributed by atoms with Crippen LogP contribution in [0.25, 0.3) is 16.7 Å². The predicted octanol–water partition coefficient (Wildman–Crippen LogP) is 4.34. The summed E-state index contributed by atoms with van der Waals surface area (Å²) in [6.45, 7) is 0. The van der Waals surface area contributed by atoms with Crippen molar-refractivity contribution in [2.24, 2.45) is 0 Å². The van der Waals surface area contributed by atoms with Crippen LogP contribution in [0.5, 0.6) is 17.2 Å². The topological polar surface area (TPSA) is 111 Å². The van der Waals surface area contributed by atoms with Gasteiger partial charge in [-0.25, -0.2) is 4.98 Å². The third-order valence-electron chi connectivity index (χ3n) is 5.37. The van der Waals surface area contributed by atoms with Gasteiger partial charge in [0.2, 0.25) is 0 Å². The van der Waals surface area contributed by atoms with Crippen LogP contribution in [0.2, 0.25) is 0 Å². The summed E-state index contributed by atoms with van der Waals surface area (Å²) < 4.78 is 13.3. The molecule has 0 fully saturated rings. The summed E-state index contributed by atoms with van der Waals surface area (Å²) >= 11 is 0. The molecule has 1 atom stereocenters. The molecule has 1 amide bonds. The third-order valence-corrected chi connectivity index (χ3v) is 5.37. The van der Waals surface area contributed by atoms with E-state index in [-0.39, 0.29) is 11.6 Å². The molecule has 2 aromatic heterocycles. The van der Waals surface area contributed by atoms with E-state index in [1.165, 1.54) is 6.20 Å². The van der Waals surface area contributed by atoms with Crippen LogP contribution < -0.4 is 20.1 Å². The van der Waals surface area contributed by atoms with Gasteiger partial charge < -0.3 is 25.2 Å². The zero-order valence-corrected chi connectivity index (χ0v) is 19.3. The van der Waals surface area contributed by atoms with Crippen molar-refractivity contribution in [2.45, 2.75) is 6.41 Å². The second kappa shape index (κ2) is 10.2. The highest BCUT2D eigenvalue weighted by molar-refractivity contribution is 5.92. The van der Waals surface area contributed by atoms with Crippen molar-refractivity contribution in [3.8, 4) is 22.9 Å². The molecule has 5 rings (SSSR count). The second-order valence-electron chi connectivity index (χ2n) is 7.80. The van der Waals surface area contributed by atoms with Crippen LogP contribution in [0.15, 0.2) is 97.5 Å². The van der Waals surface area contributed by atoms with E-state index in [0.717, 1.165) is 16.7 Å². The molecule has 3 aromatic carbocycles. The molecule has 1 unspecified atom stereocenters. The first-order chi connectivity index (χ1) is 17.6. The van der Waals surface area contributed by atoms with Crippen LogP contribution >= 0.6 is 0 Å². The molecule has 0 spiro atoms. The minimum atomic E-state index is -1.18. The number of amides is 1. The highest BCUT2D eigenvalue weighted by Gasteiger charge is 2.10. The number of aliphatic hydroxyl groups is 1. The molecular weight excluding hydrogens is 458 g/mol. The lowest BCUT2D eigenvalue weighted by molar-refractivity contribution is 0.00774. The van der Waals surface area contributed by atoms with Gasteiger partial charge in [-0.1, -0.05) is 18.2 Å². The number of aliphatic hydroxyl groups excluding tert-OH is 1. The van der Waals surface area contributed by atoms with E-state index >= 15 is 0 Å². The molecule has 36 heavy (non-hydrogen) atoms. The van der Waals surface area contributed by atoms with Crippen LogP contribution in [0.1, 0.15) is 10.5 Å². The molecule has 0 radical (unpaired) electrons. The summed E-state index contributed by atoms with van der Waals surface area (Å²) in [5.41, 5.74) is 3.53. The van der Waals surface area contributed by atoms with E-state index in [4.69, 9.17) is 9.47 Å². The van der Waals surface area contributed by atoms with Gasteiger partial charge in [0.1, 0.15) is 29.3 Å². The number of fused-ring (bicyclic) bond motifs is 1. The lowest BCUT2D eigenvalue weighted by Crippen LogP contribution is -2.25. The number of rotatable bonds is 8. The summed E-state index contributed by atoms with van der Waals surface area (Å²) in [6.07, 6.45) is 2.08. The Labute approximate surface area is 207 Å². The Hall–Kier alpha value is -4.89. The number of pyridine rings is 1. The van der Waals surface area contributed by atoms with E-state index in [2.05, 4.69) is 20.6 Å². The Morgan fingerprint density at radius 3 is 2.47 bits per heavy atom. The highest BCUT2D eigenvalue weighted by atomic mass is 16.6. The first kappa shape index (κ1) is 22.9. The molecule has 0 saturated carbocycles. The first-order valence-corrected chi connectivity index (χ1v) is 11.2. The number of hydrogen-bond donors (Lipinski definition) is 3. The van der Waals surface area contributed by atoms with Crippen LogP contribution in [-0.4, -0.2) is 39.0 Å². The molecule has 0 aliphatic carbocycles. The number of para-hydroxylation sites is 1. The number of aromatic nitrogens is 3. The lowest BCUT2D eigenvalue weighted by atomic mass is 10.2. The number of hydrogen-bond acceptors (Lipinski definition) is 7. The molecule has 0 aliphatic heterocycles. The number of carbonyl (C=O) groups is 1. The Kier molecular flexibility index (Phi) is 6.46. The minimum absolute atomic E-state index is 0.275. The summed E-state index contributed by atoms with van der Waals surface area (Å²) in [6, 6.07) is 25.5. The zero-order chi connectivity index (χ0) is 24.9. The molecule has 2 heterocycles. The first-order valence-electron chi connectivity index (χ1n) is 11.2. The molecular formula is C27H23N5O4. The minimum Gasteiger partial charge on any atom is -0.457 e. The van der Waals surface area contributed by atoms with Crippen molar-refractivity contribution in [2.75, 3.05) is 12.4 Å². The van der Waals surface area contributed by atoms with Gasteiger partial charge in [0.15, 0.2) is 0 Å². The van der Waals surface area contributed by atoms with E-state index in [1.54, 1.807) is 37.6 Å². The molecule has 3 N–H and O–H groups in total. The van der Waals surface area contributed by atoms with Crippen molar-refractivity contribution in [3.05, 3.63) is 103 Å². The van der Waals surface area contributed by atoms with Crippen molar-refractivity contribution in [1.29, 1.82) is 0 Å². The number of nitrogens with zero attached hydrogens (tertiary/aromatic N) is 3. The Morgan fingerprint density at radius 2 is 1.69 bits per heavy atom. The molecule has 5 aromatic rings. The quantitative estimate of drug-likeness (QED) is 0.283. The number of benzene rings is 3. The van der Waals surface area contributed by atoms with Crippen LogP contribution in [0.4, 0.5) is 5.69 Å². The van der Waals surface area contributed by atoms with Crippen LogP contribution in [0.3, 0.4) is 0 Å². The Bertz CT molecular complexity index is 1490. The van der Waals surface area contributed by atoms with Crippen molar-refractivity contribution < 1.29 is 19.4 Å². The van der Waals surface area contributed by atoms with Gasteiger partial charge in [0.25, 0.3) is 12.3 Å². The largest absolute Gasteiger partial charge is 0.457 e. The number of ether oxygens (including phenoxy) is 2. The van der Waals surface area contributed by atoms with E-state index in [0.29, 0.717) is 22.9 Å². The number of imidazole rings is 1. The van der Waals surface area contributed by atoms with Gasteiger partial charge in [-0.3, -0.25) is 14.3 Å². The smallest absolute Gasteiger partial charge is 0.279 e. The Morgan fingerprint density at radius 1 is 0.917 bits per heavy atom. The van der Waals surface area contributed by atoms with E-state index in [9.17, 15) is 9.90 Å². The van der Waals surface area contributed by atoms with Crippen LogP contribution in [-0.2, 0) is 0 Å². The average molecular weight is 482 g/mol. The molecule has 0 bridgehead atoms. The maximum atomic E-state index is 11.8. The fourth-order valence-corrected chi connectivity index (χ4v) is 3.64. The number of anilines is 1. The normalized spacial score (nSPS) is 11.6. The van der Waals surface area contributed by atoms with Gasteiger partial charge in [-0.2, -0.15) is 0 Å². The van der Waals surface area contributed by atoms with Gasteiger partial charge in [-0.05, 0) is 54.6 Å². The number of nitrogens with one attached hydrogen (secondary N) is 2. The van der Waals surface area contributed by atoms with E-state index < -0.39 is 6.41 Å². The van der Waals surface area contributed by atoms with Crippen molar-refractivity contribution in [3.63, 3.8) is 0 Å². The van der Waals surface area contributed by atoms with Crippen molar-refractivity contribution >= 4 is 22.6 Å². The fourth-order valence-electron chi connectivity index (χ4n) is 3.64. The summed E-state index contributed by atoms with van der Waals surface area (Å²) in [7, 11) is 1.55. The van der Waals surface area contributed by atoms with Crippen LogP contribution in [0, 0.1) is 0 Å². The van der Waals surface area contributed by atoms with Crippen molar-refractivity contribution in [1.82, 2.24) is 19.9 Å². The average Bonchev–Trinajstić information content (AvgIpc) is 3.32. The zero-order valence-electron chi connectivity index (χ0n) is 19.3. The van der Waals surface area contributed by atoms with Gasteiger partial charge in [0, 0.05) is 36.8 Å². The Balaban J connectivity index is 1.29. The lowest BCUT2D eigenvalue weighted by Gasteiger charge is -2.16.